The van der Waals surface area contributed by atoms with Crippen molar-refractivity contribution in [2.45, 2.75) is 78.2 Å². The summed E-state index contributed by atoms with van der Waals surface area (Å²) >= 11 is 0. The third-order valence-corrected chi connectivity index (χ3v) is 3.40. The number of hydrogen-bond donors (Lipinski definition) is 1. The van der Waals surface area contributed by atoms with E-state index in [0.717, 1.165) is 0 Å². The van der Waals surface area contributed by atoms with Gasteiger partial charge in [-0.25, -0.2) is 0 Å². The normalized spacial score (nSPS) is 30.8. The van der Waals surface area contributed by atoms with Crippen molar-refractivity contribution in [3.8, 4) is 0 Å². The first-order valence-corrected chi connectivity index (χ1v) is 6.40. The Hall–Kier alpha value is -0.0800. The summed E-state index contributed by atoms with van der Waals surface area (Å²) in [5.41, 5.74) is 0. The summed E-state index contributed by atoms with van der Waals surface area (Å²) in [6.45, 7) is 11.2. The van der Waals surface area contributed by atoms with Gasteiger partial charge in [-0.15, -0.1) is 0 Å². The van der Waals surface area contributed by atoms with Crippen LogP contribution in [0, 0.1) is 5.92 Å². The molecule has 1 rings (SSSR count). The number of hydrogen-bond acceptors (Lipinski definition) is 2. The Labute approximate surface area is 94.8 Å². The lowest BCUT2D eigenvalue weighted by atomic mass is 9.95. The monoisotopic (exact) mass is 213 g/mol. The molecule has 2 heteroatoms. The average Bonchev–Trinajstić information content (AvgIpc) is 2.50. The van der Waals surface area contributed by atoms with Gasteiger partial charge in [0.1, 0.15) is 0 Å². The highest BCUT2D eigenvalue weighted by Crippen LogP contribution is 2.25. The van der Waals surface area contributed by atoms with Gasteiger partial charge in [0, 0.05) is 12.1 Å². The summed E-state index contributed by atoms with van der Waals surface area (Å²) in [6, 6.07) is 1.16. The molecule has 1 aliphatic rings. The zero-order valence-electron chi connectivity index (χ0n) is 10.9. The Morgan fingerprint density at radius 3 is 2.33 bits per heavy atom. The average molecular weight is 213 g/mol. The van der Waals surface area contributed by atoms with Gasteiger partial charge in [-0.05, 0) is 39.0 Å². The van der Waals surface area contributed by atoms with Gasteiger partial charge in [-0.3, -0.25) is 0 Å². The molecule has 4 atom stereocenters. The predicted octanol–water partition coefficient (Wildman–Crippen LogP) is 2.97. The molecule has 0 aliphatic carbocycles. The van der Waals surface area contributed by atoms with E-state index in [4.69, 9.17) is 4.74 Å². The van der Waals surface area contributed by atoms with E-state index in [1.165, 1.54) is 19.3 Å². The highest BCUT2D eigenvalue weighted by molar-refractivity contribution is 4.77. The van der Waals surface area contributed by atoms with E-state index in [0.29, 0.717) is 30.2 Å². The van der Waals surface area contributed by atoms with Crippen LogP contribution in [0.4, 0.5) is 0 Å². The van der Waals surface area contributed by atoms with Crippen LogP contribution in [0.15, 0.2) is 0 Å². The minimum Gasteiger partial charge on any atom is -0.375 e. The van der Waals surface area contributed by atoms with Crippen LogP contribution in [-0.4, -0.2) is 24.3 Å². The van der Waals surface area contributed by atoms with Crippen LogP contribution in [0.1, 0.15) is 53.9 Å². The maximum atomic E-state index is 5.86. The molecule has 0 bridgehead atoms. The summed E-state index contributed by atoms with van der Waals surface area (Å²) in [4.78, 5) is 0. The number of nitrogens with one attached hydrogen (secondary N) is 1. The largest absolute Gasteiger partial charge is 0.375 e. The van der Waals surface area contributed by atoms with Gasteiger partial charge in [-0.1, -0.05) is 20.8 Å². The van der Waals surface area contributed by atoms with Crippen molar-refractivity contribution in [3.63, 3.8) is 0 Å². The van der Waals surface area contributed by atoms with E-state index in [-0.39, 0.29) is 0 Å². The fourth-order valence-corrected chi connectivity index (χ4v) is 2.37. The Morgan fingerprint density at radius 1 is 1.20 bits per heavy atom. The molecule has 0 amide bonds. The molecule has 0 aromatic rings. The third-order valence-electron chi connectivity index (χ3n) is 3.40. The van der Waals surface area contributed by atoms with E-state index < -0.39 is 0 Å². The molecule has 0 saturated carbocycles. The Balaban J connectivity index is 2.25. The third kappa shape index (κ3) is 4.52. The maximum Gasteiger partial charge on any atom is 0.0582 e. The first kappa shape index (κ1) is 13.0. The second-order valence-electron chi connectivity index (χ2n) is 5.47. The van der Waals surface area contributed by atoms with E-state index in [2.05, 4.69) is 39.9 Å². The van der Waals surface area contributed by atoms with Crippen molar-refractivity contribution in [1.29, 1.82) is 0 Å². The van der Waals surface area contributed by atoms with Crippen molar-refractivity contribution < 1.29 is 4.74 Å². The minimum absolute atomic E-state index is 0.482. The molecule has 0 aromatic carbocycles. The van der Waals surface area contributed by atoms with Crippen LogP contribution in [0.3, 0.4) is 0 Å². The molecular formula is C13H27NO. The molecule has 1 fully saturated rings. The number of rotatable bonds is 5. The van der Waals surface area contributed by atoms with Gasteiger partial charge in [0.25, 0.3) is 0 Å². The quantitative estimate of drug-likeness (QED) is 0.758. The van der Waals surface area contributed by atoms with Crippen molar-refractivity contribution in [2.75, 3.05) is 0 Å². The molecule has 1 N–H and O–H groups in total. The Morgan fingerprint density at radius 2 is 1.87 bits per heavy atom. The molecule has 15 heavy (non-hydrogen) atoms. The lowest BCUT2D eigenvalue weighted by molar-refractivity contribution is 0.0390. The van der Waals surface area contributed by atoms with Gasteiger partial charge in [0.05, 0.1) is 12.2 Å². The molecule has 1 saturated heterocycles. The van der Waals surface area contributed by atoms with Crippen LogP contribution in [0.5, 0.6) is 0 Å². The molecule has 0 radical (unpaired) electrons. The second kappa shape index (κ2) is 5.86. The highest BCUT2D eigenvalue weighted by atomic mass is 16.5. The molecule has 4 unspecified atom stereocenters. The van der Waals surface area contributed by atoms with E-state index >= 15 is 0 Å². The van der Waals surface area contributed by atoms with Gasteiger partial charge in [0.15, 0.2) is 0 Å². The lowest BCUT2D eigenvalue weighted by Gasteiger charge is -2.25. The van der Waals surface area contributed by atoms with Gasteiger partial charge in [0.2, 0.25) is 0 Å². The molecular weight excluding hydrogens is 186 g/mol. The molecule has 90 valence electrons. The highest BCUT2D eigenvalue weighted by Gasteiger charge is 2.25. The minimum atomic E-state index is 0.482. The molecule has 2 nitrogen and oxygen atoms in total. The molecule has 0 aromatic heterocycles. The van der Waals surface area contributed by atoms with Crippen LogP contribution in [-0.2, 0) is 4.74 Å². The standard InChI is InChI=1S/C13H27NO/c1-9(2)14-12(5)10(3)8-13-7-6-11(4)15-13/h9-14H,6-8H2,1-5H3. The van der Waals surface area contributed by atoms with Crippen LogP contribution < -0.4 is 5.32 Å². The van der Waals surface area contributed by atoms with Crippen molar-refractivity contribution in [3.05, 3.63) is 0 Å². The Kier molecular flexibility index (Phi) is 5.07. The maximum absolute atomic E-state index is 5.86. The number of ether oxygens (including phenoxy) is 1. The summed E-state index contributed by atoms with van der Waals surface area (Å²) < 4.78 is 5.86. The zero-order valence-corrected chi connectivity index (χ0v) is 10.9. The van der Waals surface area contributed by atoms with Crippen LogP contribution in [0.2, 0.25) is 0 Å². The van der Waals surface area contributed by atoms with E-state index in [9.17, 15) is 0 Å². The summed E-state index contributed by atoms with van der Waals surface area (Å²) in [5.74, 6) is 0.697. The van der Waals surface area contributed by atoms with Crippen LogP contribution in [0.25, 0.3) is 0 Å². The summed E-state index contributed by atoms with van der Waals surface area (Å²) in [6.07, 6.45) is 4.68. The summed E-state index contributed by atoms with van der Waals surface area (Å²) in [5, 5.41) is 3.57. The van der Waals surface area contributed by atoms with Gasteiger partial charge in [-0.2, -0.15) is 0 Å². The van der Waals surface area contributed by atoms with Gasteiger partial charge < -0.3 is 10.1 Å². The van der Waals surface area contributed by atoms with Crippen LogP contribution >= 0.6 is 0 Å². The van der Waals surface area contributed by atoms with Crippen molar-refractivity contribution in [2.24, 2.45) is 5.92 Å². The lowest BCUT2D eigenvalue weighted by Crippen LogP contribution is -2.38. The first-order chi connectivity index (χ1) is 6.99. The molecule has 1 aliphatic heterocycles. The predicted molar refractivity (Wildman–Crippen MR) is 65.1 cm³/mol. The van der Waals surface area contributed by atoms with Crippen molar-refractivity contribution >= 4 is 0 Å². The van der Waals surface area contributed by atoms with E-state index in [1.807, 2.05) is 0 Å². The van der Waals surface area contributed by atoms with Crippen molar-refractivity contribution in [1.82, 2.24) is 5.32 Å². The fourth-order valence-electron chi connectivity index (χ4n) is 2.37. The first-order valence-electron chi connectivity index (χ1n) is 6.40. The SMILES string of the molecule is CC(C)NC(C)C(C)CC1CCC(C)O1. The van der Waals surface area contributed by atoms with Gasteiger partial charge >= 0.3 is 0 Å². The zero-order chi connectivity index (χ0) is 11.4. The fraction of sp³-hybridized carbons (Fsp3) is 1.00. The Bertz CT molecular complexity index is 181. The smallest absolute Gasteiger partial charge is 0.0582 e. The molecule has 1 heterocycles. The van der Waals surface area contributed by atoms with E-state index in [1.54, 1.807) is 0 Å². The topological polar surface area (TPSA) is 21.3 Å². The summed E-state index contributed by atoms with van der Waals surface area (Å²) in [7, 11) is 0. The second-order valence-corrected chi connectivity index (χ2v) is 5.47. The molecule has 0 spiro atoms.